The van der Waals surface area contributed by atoms with Crippen LogP contribution in [0.3, 0.4) is 0 Å². The Bertz CT molecular complexity index is 1760. The van der Waals surface area contributed by atoms with Gasteiger partial charge in [0, 0.05) is 31.6 Å². The van der Waals surface area contributed by atoms with Gasteiger partial charge < -0.3 is 30.0 Å². The highest BCUT2D eigenvalue weighted by atomic mass is 16.7. The minimum atomic E-state index is -0.632. The predicted molar refractivity (Wildman–Crippen MR) is 196 cm³/mol. The molecule has 4 aromatic rings. The summed E-state index contributed by atoms with van der Waals surface area (Å²) in [4.78, 5) is 27.8. The van der Waals surface area contributed by atoms with Crippen molar-refractivity contribution < 1.29 is 28.9 Å². The lowest BCUT2D eigenvalue weighted by Gasteiger charge is -2.38. The minimum absolute atomic E-state index is 0.0211. The molecule has 4 unspecified atom stereocenters. The molecule has 0 aliphatic carbocycles. The van der Waals surface area contributed by atoms with Crippen LogP contribution in [-0.4, -0.2) is 52.8 Å². The Hall–Kier alpha value is -4.54. The molecule has 6 rings (SSSR count). The summed E-state index contributed by atoms with van der Waals surface area (Å²) in [5.41, 5.74) is 6.24. The Morgan fingerprint density at radius 1 is 0.804 bits per heavy atom. The molecule has 2 saturated heterocycles. The highest BCUT2D eigenvalue weighted by Crippen LogP contribution is 2.39. The normalized spacial score (nSPS) is 20.9. The second kappa shape index (κ2) is 16.7. The SMILES string of the molecule is CC(C)(C)OC(=O)C1CCCN1CC1CC(c2ccc(CO)cc2)OC(c2cccc(-c3cccc(CNC(=O)NCc4ccccc4)c3)c2)O1. The van der Waals surface area contributed by atoms with Crippen molar-refractivity contribution in [3.05, 3.63) is 131 Å². The van der Waals surface area contributed by atoms with Crippen molar-refractivity contribution in [3.8, 4) is 11.1 Å². The third kappa shape index (κ3) is 10.0. The number of esters is 1. The van der Waals surface area contributed by atoms with Crippen molar-refractivity contribution >= 4 is 12.0 Å². The molecule has 268 valence electrons. The van der Waals surface area contributed by atoms with Crippen LogP contribution in [0.1, 0.15) is 80.2 Å². The second-order valence-corrected chi connectivity index (χ2v) is 14.4. The summed E-state index contributed by atoms with van der Waals surface area (Å²) in [6.45, 7) is 7.92. The highest BCUT2D eigenvalue weighted by molar-refractivity contribution is 5.76. The minimum Gasteiger partial charge on any atom is -0.459 e. The predicted octanol–water partition coefficient (Wildman–Crippen LogP) is 7.20. The number of likely N-dealkylation sites (tertiary alicyclic amines) is 1. The maximum Gasteiger partial charge on any atom is 0.323 e. The fourth-order valence-corrected chi connectivity index (χ4v) is 6.72. The first-order valence-corrected chi connectivity index (χ1v) is 17.9. The van der Waals surface area contributed by atoms with Crippen LogP contribution in [0.5, 0.6) is 0 Å². The summed E-state index contributed by atoms with van der Waals surface area (Å²) in [7, 11) is 0. The third-order valence-electron chi connectivity index (χ3n) is 9.26. The molecule has 9 heteroatoms. The average molecular weight is 692 g/mol. The van der Waals surface area contributed by atoms with Crippen LogP contribution in [0.4, 0.5) is 4.79 Å². The van der Waals surface area contributed by atoms with E-state index in [1.54, 1.807) is 0 Å². The molecule has 0 aromatic heterocycles. The Labute approximate surface area is 300 Å². The van der Waals surface area contributed by atoms with Gasteiger partial charge in [0.15, 0.2) is 6.29 Å². The molecule has 0 bridgehead atoms. The van der Waals surface area contributed by atoms with Gasteiger partial charge in [-0.1, -0.05) is 91.0 Å². The van der Waals surface area contributed by atoms with Gasteiger partial charge in [-0.3, -0.25) is 9.69 Å². The van der Waals surface area contributed by atoms with Gasteiger partial charge in [0.1, 0.15) is 11.6 Å². The van der Waals surface area contributed by atoms with Gasteiger partial charge in [-0.05, 0) is 85.7 Å². The molecular weight excluding hydrogens is 642 g/mol. The topological polar surface area (TPSA) is 109 Å². The number of ether oxygens (including phenoxy) is 3. The Balaban J connectivity index is 1.16. The number of carbonyl (C=O) groups is 2. The van der Waals surface area contributed by atoms with Crippen molar-refractivity contribution in [1.29, 1.82) is 0 Å². The van der Waals surface area contributed by atoms with Gasteiger partial charge in [0.2, 0.25) is 0 Å². The van der Waals surface area contributed by atoms with Gasteiger partial charge in [0.25, 0.3) is 0 Å². The molecule has 2 heterocycles. The fourth-order valence-electron chi connectivity index (χ4n) is 6.72. The zero-order valence-electron chi connectivity index (χ0n) is 29.7. The number of nitrogens with one attached hydrogen (secondary N) is 2. The van der Waals surface area contributed by atoms with E-state index >= 15 is 0 Å². The summed E-state index contributed by atoms with van der Waals surface area (Å²) in [6.07, 6.45) is 1.25. The summed E-state index contributed by atoms with van der Waals surface area (Å²) < 4.78 is 19.1. The molecule has 0 radical (unpaired) electrons. The van der Waals surface area contributed by atoms with Crippen LogP contribution in [0, 0.1) is 0 Å². The molecule has 2 aliphatic rings. The van der Waals surface area contributed by atoms with E-state index in [2.05, 4.69) is 39.8 Å². The van der Waals surface area contributed by atoms with E-state index in [4.69, 9.17) is 14.2 Å². The number of amides is 2. The molecule has 0 spiro atoms. The molecule has 2 aliphatic heterocycles. The van der Waals surface area contributed by atoms with Crippen LogP contribution in [0.15, 0.2) is 103 Å². The van der Waals surface area contributed by atoms with Gasteiger partial charge in [-0.15, -0.1) is 0 Å². The smallest absolute Gasteiger partial charge is 0.323 e. The molecule has 2 fully saturated rings. The van der Waals surface area contributed by atoms with E-state index in [0.717, 1.165) is 58.3 Å². The lowest BCUT2D eigenvalue weighted by molar-refractivity contribution is -0.253. The van der Waals surface area contributed by atoms with Crippen LogP contribution in [0.2, 0.25) is 0 Å². The number of urea groups is 1. The number of aliphatic hydroxyl groups is 1. The summed E-state index contributed by atoms with van der Waals surface area (Å²) >= 11 is 0. The summed E-state index contributed by atoms with van der Waals surface area (Å²) in [5, 5.41) is 15.5. The number of nitrogens with zero attached hydrogens (tertiary/aromatic N) is 1. The van der Waals surface area contributed by atoms with E-state index in [1.807, 2.05) is 99.6 Å². The number of hydrogen-bond donors (Lipinski definition) is 3. The van der Waals surface area contributed by atoms with Crippen molar-refractivity contribution in [2.75, 3.05) is 13.1 Å². The molecule has 4 aromatic carbocycles. The molecule has 0 saturated carbocycles. The van der Waals surface area contributed by atoms with Gasteiger partial charge >= 0.3 is 12.0 Å². The molecule has 3 N–H and O–H groups in total. The zero-order chi connectivity index (χ0) is 35.8. The number of hydrogen-bond acceptors (Lipinski definition) is 7. The fraction of sp³-hybridized carbons (Fsp3) is 0.381. The number of rotatable bonds is 11. The lowest BCUT2D eigenvalue weighted by atomic mass is 9.98. The zero-order valence-corrected chi connectivity index (χ0v) is 29.7. The third-order valence-corrected chi connectivity index (χ3v) is 9.26. The largest absolute Gasteiger partial charge is 0.459 e. The Morgan fingerprint density at radius 2 is 1.49 bits per heavy atom. The van der Waals surface area contributed by atoms with Crippen LogP contribution < -0.4 is 10.6 Å². The van der Waals surface area contributed by atoms with Gasteiger partial charge in [0.05, 0.1) is 18.8 Å². The standard InChI is InChI=1S/C42H49N3O6/c1-42(2,3)51-39(47)37-16-9-21-45(37)27-36-24-38(32-19-17-30(28-46)18-20-32)50-40(49-36)35-15-8-14-34(23-35)33-13-7-12-31(22-33)26-44-41(48)43-25-29-10-5-4-6-11-29/h4-8,10-15,17-20,22-23,36-38,40,46H,9,16,21,24-28H2,1-3H3,(H2,43,44,48). The number of aliphatic hydroxyl groups excluding tert-OH is 1. The average Bonchev–Trinajstić information content (AvgIpc) is 3.61. The van der Waals surface area contributed by atoms with E-state index in [1.165, 1.54) is 0 Å². The first-order chi connectivity index (χ1) is 24.6. The van der Waals surface area contributed by atoms with Crippen LogP contribution >= 0.6 is 0 Å². The molecular formula is C42H49N3O6. The Morgan fingerprint density at radius 3 is 2.22 bits per heavy atom. The van der Waals surface area contributed by atoms with Gasteiger partial charge in [-0.2, -0.15) is 0 Å². The highest BCUT2D eigenvalue weighted by Gasteiger charge is 2.39. The maximum absolute atomic E-state index is 13.1. The van der Waals surface area contributed by atoms with E-state index in [9.17, 15) is 14.7 Å². The van der Waals surface area contributed by atoms with Crippen LogP contribution in [-0.2, 0) is 38.7 Å². The monoisotopic (exact) mass is 691 g/mol. The van der Waals surface area contributed by atoms with E-state index in [0.29, 0.717) is 26.1 Å². The van der Waals surface area contributed by atoms with Crippen molar-refractivity contribution in [2.45, 2.75) is 89.9 Å². The van der Waals surface area contributed by atoms with Crippen molar-refractivity contribution in [3.63, 3.8) is 0 Å². The van der Waals surface area contributed by atoms with E-state index < -0.39 is 11.9 Å². The van der Waals surface area contributed by atoms with E-state index in [-0.39, 0.29) is 36.9 Å². The quantitative estimate of drug-likeness (QED) is 0.143. The second-order valence-electron chi connectivity index (χ2n) is 14.4. The molecule has 4 atom stereocenters. The number of benzene rings is 4. The molecule has 9 nitrogen and oxygen atoms in total. The molecule has 2 amide bonds. The Kier molecular flexibility index (Phi) is 11.8. The van der Waals surface area contributed by atoms with Crippen molar-refractivity contribution in [1.82, 2.24) is 15.5 Å². The molecule has 51 heavy (non-hydrogen) atoms. The van der Waals surface area contributed by atoms with Crippen LogP contribution in [0.25, 0.3) is 11.1 Å². The summed E-state index contributed by atoms with van der Waals surface area (Å²) in [6, 6.07) is 33.5. The first kappa shape index (κ1) is 36.3. The number of carbonyl (C=O) groups excluding carboxylic acids is 2. The first-order valence-electron chi connectivity index (χ1n) is 17.9. The maximum atomic E-state index is 13.1. The van der Waals surface area contributed by atoms with Gasteiger partial charge in [-0.25, -0.2) is 4.79 Å². The lowest BCUT2D eigenvalue weighted by Crippen LogP contribution is -2.45. The van der Waals surface area contributed by atoms with Crippen molar-refractivity contribution in [2.24, 2.45) is 0 Å². The summed E-state index contributed by atoms with van der Waals surface area (Å²) in [5.74, 6) is -0.183.